The molecule has 0 saturated heterocycles. The highest BCUT2D eigenvalue weighted by molar-refractivity contribution is 6.33. The summed E-state index contributed by atoms with van der Waals surface area (Å²) in [5.74, 6) is 2.17. The Kier molecular flexibility index (Phi) is 10.2. The van der Waals surface area contributed by atoms with E-state index in [0.717, 1.165) is 25.0 Å². The van der Waals surface area contributed by atoms with Gasteiger partial charge in [-0.15, -0.1) is 0 Å². The van der Waals surface area contributed by atoms with E-state index in [1.807, 2.05) is 0 Å². The smallest absolute Gasteiger partial charge is 0.224 e. The minimum absolute atomic E-state index is 0.0611. The predicted octanol–water partition coefficient (Wildman–Crippen LogP) is 6.90. The summed E-state index contributed by atoms with van der Waals surface area (Å²) in [4.78, 5) is 12.2. The van der Waals surface area contributed by atoms with Gasteiger partial charge >= 0.3 is 0 Å². The first-order chi connectivity index (χ1) is 14.8. The van der Waals surface area contributed by atoms with E-state index in [2.05, 4.69) is 51.2 Å². The molecule has 2 aromatic rings. The summed E-state index contributed by atoms with van der Waals surface area (Å²) < 4.78 is 6.09. The summed E-state index contributed by atoms with van der Waals surface area (Å²) in [6.45, 7) is 9.54. The van der Waals surface area contributed by atoms with Crippen LogP contribution in [-0.4, -0.2) is 12.5 Å². The molecule has 0 radical (unpaired) electrons. The minimum Gasteiger partial charge on any atom is -0.493 e. The van der Waals surface area contributed by atoms with Crippen molar-refractivity contribution in [3.63, 3.8) is 0 Å². The number of hydrogen-bond acceptors (Lipinski definition) is 3. The first kappa shape index (κ1) is 25.1. The molecule has 2 rings (SSSR count). The third-order valence-corrected chi connectivity index (χ3v) is 6.10. The second kappa shape index (κ2) is 12.6. The number of nitrogens with one attached hydrogen (secondary N) is 1. The Bertz CT molecular complexity index is 853. The minimum atomic E-state index is -0.0611. The third kappa shape index (κ3) is 8.45. The van der Waals surface area contributed by atoms with E-state index in [-0.39, 0.29) is 5.91 Å². The van der Waals surface area contributed by atoms with Crippen LogP contribution in [0.1, 0.15) is 64.5 Å². The molecule has 0 bridgehead atoms. The number of rotatable bonds is 12. The van der Waals surface area contributed by atoms with Crippen molar-refractivity contribution in [2.45, 2.75) is 66.2 Å². The van der Waals surface area contributed by atoms with Gasteiger partial charge in [-0.2, -0.15) is 0 Å². The topological polar surface area (TPSA) is 64.3 Å². The fourth-order valence-corrected chi connectivity index (χ4v) is 3.50. The molecule has 0 aromatic heterocycles. The van der Waals surface area contributed by atoms with Crippen LogP contribution in [0.4, 0.5) is 11.4 Å². The maximum absolute atomic E-state index is 12.2. The Morgan fingerprint density at radius 3 is 2.45 bits per heavy atom. The van der Waals surface area contributed by atoms with Gasteiger partial charge in [-0.1, -0.05) is 64.3 Å². The van der Waals surface area contributed by atoms with Gasteiger partial charge in [-0.25, -0.2) is 0 Å². The van der Waals surface area contributed by atoms with Crippen LogP contribution < -0.4 is 15.8 Å². The largest absolute Gasteiger partial charge is 0.493 e. The van der Waals surface area contributed by atoms with Gasteiger partial charge in [0.2, 0.25) is 5.91 Å². The maximum atomic E-state index is 12.2. The Balaban J connectivity index is 1.90. The van der Waals surface area contributed by atoms with Crippen molar-refractivity contribution in [3.8, 4) is 5.75 Å². The average Bonchev–Trinajstić information content (AvgIpc) is 2.74. The SMILES string of the molecule is CCC(C)Cc1ccc(OCCCC(=O)Nc2ccc(Cl)c(N)c2)c(CC(C)CC)c1. The summed E-state index contributed by atoms with van der Waals surface area (Å²) in [5.41, 5.74) is 9.54. The lowest BCUT2D eigenvalue weighted by Crippen LogP contribution is -2.13. The standard InChI is InChI=1S/C26H37ClN2O2/c1-5-18(3)14-20-9-12-25(21(16-20)15-19(4)6-2)31-13-7-8-26(30)29-22-10-11-23(27)24(28)17-22/h9-12,16-19H,5-8,13-15,28H2,1-4H3,(H,29,30). The first-order valence-corrected chi connectivity index (χ1v) is 11.8. The second-order valence-electron chi connectivity index (χ2n) is 8.61. The fraction of sp³-hybridized carbons (Fsp3) is 0.500. The molecule has 1 amide bonds. The number of nitrogens with two attached hydrogens (primary N) is 1. The molecule has 170 valence electrons. The van der Waals surface area contributed by atoms with E-state index >= 15 is 0 Å². The van der Waals surface area contributed by atoms with Crippen LogP contribution in [-0.2, 0) is 17.6 Å². The molecule has 31 heavy (non-hydrogen) atoms. The highest BCUT2D eigenvalue weighted by Crippen LogP contribution is 2.26. The number of nitrogen functional groups attached to an aromatic ring is 1. The number of ether oxygens (including phenoxy) is 1. The number of anilines is 2. The summed E-state index contributed by atoms with van der Waals surface area (Å²) in [6, 6.07) is 11.7. The molecule has 0 aliphatic carbocycles. The lowest BCUT2D eigenvalue weighted by Gasteiger charge is -2.17. The normalized spacial score (nSPS) is 12.9. The van der Waals surface area contributed by atoms with Gasteiger partial charge in [-0.3, -0.25) is 4.79 Å². The molecule has 0 fully saturated rings. The zero-order valence-electron chi connectivity index (χ0n) is 19.3. The van der Waals surface area contributed by atoms with Crippen LogP contribution in [0.2, 0.25) is 5.02 Å². The molecule has 3 N–H and O–H groups in total. The number of amides is 1. The lowest BCUT2D eigenvalue weighted by molar-refractivity contribution is -0.116. The molecule has 0 saturated carbocycles. The Labute approximate surface area is 192 Å². The summed E-state index contributed by atoms with van der Waals surface area (Å²) in [6.07, 6.45) is 5.47. The van der Waals surface area contributed by atoms with Gasteiger partial charge in [0.15, 0.2) is 0 Å². The van der Waals surface area contributed by atoms with Gasteiger partial charge in [0.1, 0.15) is 5.75 Å². The monoisotopic (exact) mass is 444 g/mol. The van der Waals surface area contributed by atoms with Gasteiger partial charge in [0.25, 0.3) is 0 Å². The summed E-state index contributed by atoms with van der Waals surface area (Å²) in [7, 11) is 0. The van der Waals surface area contributed by atoms with Crippen LogP contribution in [0.25, 0.3) is 0 Å². The number of carbonyl (C=O) groups excluding carboxylic acids is 1. The predicted molar refractivity (Wildman–Crippen MR) is 132 cm³/mol. The third-order valence-electron chi connectivity index (χ3n) is 5.76. The highest BCUT2D eigenvalue weighted by atomic mass is 35.5. The summed E-state index contributed by atoms with van der Waals surface area (Å²) >= 11 is 5.92. The van der Waals surface area contributed by atoms with Gasteiger partial charge in [0, 0.05) is 12.1 Å². The first-order valence-electron chi connectivity index (χ1n) is 11.4. The number of hydrogen-bond donors (Lipinski definition) is 2. The van der Waals surface area contributed by atoms with Crippen molar-refractivity contribution >= 4 is 28.9 Å². The molecular weight excluding hydrogens is 408 g/mol. The molecule has 0 heterocycles. The quantitative estimate of drug-likeness (QED) is 0.276. The number of halogens is 1. The van der Waals surface area contributed by atoms with E-state index in [9.17, 15) is 4.79 Å². The Hall–Kier alpha value is -2.20. The zero-order chi connectivity index (χ0) is 22.8. The molecule has 5 heteroatoms. The van der Waals surface area contributed by atoms with Crippen molar-refractivity contribution in [1.82, 2.24) is 0 Å². The Morgan fingerprint density at radius 2 is 1.77 bits per heavy atom. The van der Waals surface area contributed by atoms with E-state index < -0.39 is 0 Å². The second-order valence-corrected chi connectivity index (χ2v) is 9.02. The fourth-order valence-electron chi connectivity index (χ4n) is 3.39. The van der Waals surface area contributed by atoms with E-state index in [0.29, 0.717) is 47.7 Å². The van der Waals surface area contributed by atoms with Crippen LogP contribution in [0.3, 0.4) is 0 Å². The summed E-state index contributed by atoms with van der Waals surface area (Å²) in [5, 5.41) is 3.33. The molecule has 0 spiro atoms. The van der Waals surface area contributed by atoms with Crippen molar-refractivity contribution in [2.75, 3.05) is 17.7 Å². The molecule has 0 aliphatic heterocycles. The van der Waals surface area contributed by atoms with Crippen molar-refractivity contribution in [1.29, 1.82) is 0 Å². The van der Waals surface area contributed by atoms with Gasteiger partial charge < -0.3 is 15.8 Å². The molecular formula is C26H37ClN2O2. The number of benzene rings is 2. The molecule has 4 nitrogen and oxygen atoms in total. The molecule has 0 aliphatic rings. The van der Waals surface area contributed by atoms with Gasteiger partial charge in [-0.05, 0) is 66.5 Å². The van der Waals surface area contributed by atoms with Crippen molar-refractivity contribution < 1.29 is 9.53 Å². The lowest BCUT2D eigenvalue weighted by atomic mass is 9.93. The highest BCUT2D eigenvalue weighted by Gasteiger charge is 2.11. The zero-order valence-corrected chi connectivity index (χ0v) is 20.1. The van der Waals surface area contributed by atoms with E-state index in [1.54, 1.807) is 18.2 Å². The van der Waals surface area contributed by atoms with E-state index in [4.69, 9.17) is 22.1 Å². The van der Waals surface area contributed by atoms with Crippen molar-refractivity contribution in [2.24, 2.45) is 11.8 Å². The van der Waals surface area contributed by atoms with Crippen LogP contribution in [0.5, 0.6) is 5.75 Å². The van der Waals surface area contributed by atoms with Crippen LogP contribution in [0.15, 0.2) is 36.4 Å². The van der Waals surface area contributed by atoms with Crippen LogP contribution in [0, 0.1) is 11.8 Å². The molecule has 2 atom stereocenters. The van der Waals surface area contributed by atoms with Crippen molar-refractivity contribution in [3.05, 3.63) is 52.5 Å². The Morgan fingerprint density at radius 1 is 1.06 bits per heavy atom. The number of carbonyl (C=O) groups is 1. The van der Waals surface area contributed by atoms with E-state index in [1.165, 1.54) is 17.5 Å². The average molecular weight is 445 g/mol. The molecule has 2 aromatic carbocycles. The maximum Gasteiger partial charge on any atom is 0.224 e. The van der Waals surface area contributed by atoms with Crippen LogP contribution >= 0.6 is 11.6 Å². The molecule has 2 unspecified atom stereocenters. The van der Waals surface area contributed by atoms with Gasteiger partial charge in [0.05, 0.1) is 17.3 Å².